The van der Waals surface area contributed by atoms with Gasteiger partial charge in [0.1, 0.15) is 0 Å². The van der Waals surface area contributed by atoms with Gasteiger partial charge in [0, 0.05) is 1.43 Å². The van der Waals surface area contributed by atoms with Crippen molar-refractivity contribution < 1.29 is 1.43 Å². The third kappa shape index (κ3) is 7.27. The van der Waals surface area contributed by atoms with Crippen LogP contribution < -0.4 is 5.32 Å². The molecule has 0 aromatic heterocycles. The Bertz CT molecular complexity index is 163. The van der Waals surface area contributed by atoms with Gasteiger partial charge in [-0.15, -0.1) is 0 Å². The highest BCUT2D eigenvalue weighted by molar-refractivity contribution is 4.83. The Morgan fingerprint density at radius 2 is 1.56 bits per heavy atom. The van der Waals surface area contributed by atoms with Gasteiger partial charge in [0.25, 0.3) is 0 Å². The predicted molar refractivity (Wildman–Crippen MR) is 76.9 cm³/mol. The predicted octanol–water partition coefficient (Wildman–Crippen LogP) is 4.72. The second kappa shape index (κ2) is 8.11. The molecule has 2 unspecified atom stereocenters. The van der Waals surface area contributed by atoms with E-state index in [2.05, 4.69) is 46.9 Å². The monoisotopic (exact) mass is 229 g/mol. The molecule has 1 aliphatic heterocycles. The summed E-state index contributed by atoms with van der Waals surface area (Å²) >= 11 is 0. The maximum Gasteiger partial charge on any atom is 0 e. The third-order valence-corrected chi connectivity index (χ3v) is 3.01. The van der Waals surface area contributed by atoms with Gasteiger partial charge in [-0.05, 0) is 43.2 Å². The van der Waals surface area contributed by atoms with Crippen molar-refractivity contribution in [3.05, 3.63) is 0 Å². The van der Waals surface area contributed by atoms with E-state index in [9.17, 15) is 0 Å². The van der Waals surface area contributed by atoms with Crippen LogP contribution in [0.5, 0.6) is 0 Å². The van der Waals surface area contributed by atoms with Gasteiger partial charge in [0.05, 0.1) is 0 Å². The van der Waals surface area contributed by atoms with Crippen LogP contribution in [0.3, 0.4) is 0 Å². The lowest BCUT2D eigenvalue weighted by atomic mass is 9.79. The van der Waals surface area contributed by atoms with E-state index in [1.807, 2.05) is 0 Å². The van der Waals surface area contributed by atoms with Crippen molar-refractivity contribution in [1.82, 2.24) is 5.32 Å². The van der Waals surface area contributed by atoms with Crippen LogP contribution in [0.1, 0.15) is 68.7 Å². The minimum Gasteiger partial charge on any atom is -0.316 e. The van der Waals surface area contributed by atoms with E-state index in [0.29, 0.717) is 5.41 Å². The minimum atomic E-state index is 0. The van der Waals surface area contributed by atoms with Crippen molar-refractivity contribution in [3.63, 3.8) is 0 Å². The van der Waals surface area contributed by atoms with Gasteiger partial charge in [0.15, 0.2) is 0 Å². The zero-order chi connectivity index (χ0) is 12.6. The van der Waals surface area contributed by atoms with E-state index < -0.39 is 0 Å². The summed E-state index contributed by atoms with van der Waals surface area (Å²) in [5, 5.41) is 3.53. The fourth-order valence-corrected chi connectivity index (χ4v) is 2.52. The molecule has 1 heterocycles. The van der Waals surface area contributed by atoms with Crippen LogP contribution in [0.15, 0.2) is 0 Å². The van der Waals surface area contributed by atoms with Gasteiger partial charge in [0.2, 0.25) is 0 Å². The van der Waals surface area contributed by atoms with Crippen molar-refractivity contribution in [2.24, 2.45) is 17.3 Å². The Morgan fingerprint density at radius 1 is 1.06 bits per heavy atom. The summed E-state index contributed by atoms with van der Waals surface area (Å²) in [5.41, 5.74) is 0.503. The molecule has 1 aliphatic rings. The molecular formula is C15H35N. The Hall–Kier alpha value is -0.0400. The average molecular weight is 229 g/mol. The summed E-state index contributed by atoms with van der Waals surface area (Å²) in [6.07, 6.45) is 5.38. The molecule has 2 atom stereocenters. The summed E-state index contributed by atoms with van der Waals surface area (Å²) in [7, 11) is 0. The fourth-order valence-electron chi connectivity index (χ4n) is 2.52. The SMILES string of the molecule is CCC.CCCC1CNCC1CC(C)(C)C.[HH]. The summed E-state index contributed by atoms with van der Waals surface area (Å²) in [6, 6.07) is 0. The maximum atomic E-state index is 3.53. The Balaban J connectivity index is 0. The zero-order valence-electron chi connectivity index (χ0n) is 12.4. The van der Waals surface area contributed by atoms with Gasteiger partial charge in [-0.1, -0.05) is 54.4 Å². The molecule has 0 aliphatic carbocycles. The highest BCUT2D eigenvalue weighted by Crippen LogP contribution is 2.32. The fraction of sp³-hybridized carbons (Fsp3) is 1.00. The number of hydrogen-bond donors (Lipinski definition) is 1. The van der Waals surface area contributed by atoms with Gasteiger partial charge in [-0.25, -0.2) is 0 Å². The molecule has 1 N–H and O–H groups in total. The molecule has 0 spiro atoms. The summed E-state index contributed by atoms with van der Waals surface area (Å²) in [4.78, 5) is 0. The van der Waals surface area contributed by atoms with Gasteiger partial charge in [-0.3, -0.25) is 0 Å². The van der Waals surface area contributed by atoms with Crippen molar-refractivity contribution in [2.75, 3.05) is 13.1 Å². The average Bonchev–Trinajstić information content (AvgIpc) is 2.52. The first kappa shape index (κ1) is 16.0. The standard InChI is InChI=1S/C12H25N.C3H8.H2/c1-5-6-10-8-13-9-11(10)7-12(2,3)4;1-3-2;/h10-11,13H,5-9H2,1-4H3;3H2,1-2H3;1H. The van der Waals surface area contributed by atoms with E-state index in [-0.39, 0.29) is 1.43 Å². The molecule has 16 heavy (non-hydrogen) atoms. The molecule has 0 saturated carbocycles. The second-order valence-corrected chi connectivity index (χ2v) is 6.44. The first-order chi connectivity index (χ1) is 7.44. The molecule has 0 amide bonds. The summed E-state index contributed by atoms with van der Waals surface area (Å²) in [6.45, 7) is 16.1. The third-order valence-electron chi connectivity index (χ3n) is 3.01. The molecule has 1 nitrogen and oxygen atoms in total. The van der Waals surface area contributed by atoms with Crippen LogP contribution in [0.25, 0.3) is 0 Å². The highest BCUT2D eigenvalue weighted by Gasteiger charge is 2.29. The Morgan fingerprint density at radius 3 is 2.00 bits per heavy atom. The first-order valence-corrected chi connectivity index (χ1v) is 7.15. The topological polar surface area (TPSA) is 12.0 Å². The van der Waals surface area contributed by atoms with Gasteiger partial charge in [-0.2, -0.15) is 0 Å². The molecule has 0 aromatic rings. The van der Waals surface area contributed by atoms with Crippen molar-refractivity contribution in [3.8, 4) is 0 Å². The van der Waals surface area contributed by atoms with E-state index in [4.69, 9.17) is 0 Å². The van der Waals surface area contributed by atoms with Crippen molar-refractivity contribution in [1.29, 1.82) is 0 Å². The molecule has 1 fully saturated rings. The lowest BCUT2D eigenvalue weighted by Crippen LogP contribution is -2.19. The van der Waals surface area contributed by atoms with Crippen LogP contribution in [0, 0.1) is 17.3 Å². The molecule has 1 saturated heterocycles. The van der Waals surface area contributed by atoms with Gasteiger partial charge >= 0.3 is 0 Å². The lowest BCUT2D eigenvalue weighted by molar-refractivity contribution is 0.254. The van der Waals surface area contributed by atoms with Crippen molar-refractivity contribution >= 4 is 0 Å². The first-order valence-electron chi connectivity index (χ1n) is 7.15. The minimum absolute atomic E-state index is 0. The molecule has 0 aromatic carbocycles. The van der Waals surface area contributed by atoms with Gasteiger partial charge < -0.3 is 5.32 Å². The lowest BCUT2D eigenvalue weighted by Gasteiger charge is -2.26. The largest absolute Gasteiger partial charge is 0.316 e. The number of hydrogen-bond acceptors (Lipinski definition) is 1. The van der Waals surface area contributed by atoms with Crippen molar-refractivity contribution in [2.45, 2.75) is 67.2 Å². The molecular weight excluding hydrogens is 194 g/mol. The highest BCUT2D eigenvalue weighted by atomic mass is 14.9. The number of nitrogens with one attached hydrogen (secondary N) is 1. The number of rotatable bonds is 3. The molecule has 1 rings (SSSR count). The van der Waals surface area contributed by atoms with E-state index in [1.165, 1.54) is 38.8 Å². The Labute approximate surface area is 105 Å². The van der Waals surface area contributed by atoms with Crippen LogP contribution >= 0.6 is 0 Å². The van der Waals surface area contributed by atoms with Crippen LogP contribution in [-0.2, 0) is 0 Å². The zero-order valence-corrected chi connectivity index (χ0v) is 12.4. The van der Waals surface area contributed by atoms with E-state index in [1.54, 1.807) is 0 Å². The van der Waals surface area contributed by atoms with Crippen LogP contribution in [0.4, 0.5) is 0 Å². The van der Waals surface area contributed by atoms with Crippen LogP contribution in [-0.4, -0.2) is 13.1 Å². The molecule has 0 radical (unpaired) electrons. The molecule has 1 heteroatoms. The van der Waals surface area contributed by atoms with E-state index in [0.717, 1.165) is 11.8 Å². The Kier molecular flexibility index (Phi) is 8.09. The second-order valence-electron chi connectivity index (χ2n) is 6.44. The quantitative estimate of drug-likeness (QED) is 0.738. The summed E-state index contributed by atoms with van der Waals surface area (Å²) < 4.78 is 0. The normalized spacial score (nSPS) is 25.1. The van der Waals surface area contributed by atoms with E-state index >= 15 is 0 Å². The molecule has 100 valence electrons. The molecule has 0 bridgehead atoms. The maximum absolute atomic E-state index is 3.53. The smallest absolute Gasteiger partial charge is 0 e. The summed E-state index contributed by atoms with van der Waals surface area (Å²) in [5.74, 6) is 1.88. The van der Waals surface area contributed by atoms with Crippen LogP contribution in [0.2, 0.25) is 0 Å².